The van der Waals surface area contributed by atoms with Gasteiger partial charge in [-0.25, -0.2) is 0 Å². The highest BCUT2D eigenvalue weighted by molar-refractivity contribution is 6.25. The lowest BCUT2D eigenvalue weighted by molar-refractivity contribution is -0.137. The highest BCUT2D eigenvalue weighted by atomic mass is 19.4. The quantitative estimate of drug-likeness (QED) is 0.580. The Bertz CT molecular complexity index is 1070. The number of aryl methyl sites for hydroxylation is 1. The SMILES string of the molecule is Cc1cc2c(cc1C#N)/C(=N/C#N)c1cc(C#N)c(C(F)(F)F)cc1-2. The van der Waals surface area contributed by atoms with Crippen molar-refractivity contribution in [3.05, 3.63) is 57.6 Å². The molecule has 0 unspecified atom stereocenters. The molecular formula is C18H7F3N4. The fraction of sp³-hybridized carbons (Fsp3) is 0.111. The largest absolute Gasteiger partial charge is 0.417 e. The summed E-state index contributed by atoms with van der Waals surface area (Å²) in [5, 5.41) is 27.2. The summed E-state index contributed by atoms with van der Waals surface area (Å²) < 4.78 is 39.7. The van der Waals surface area contributed by atoms with E-state index < -0.39 is 17.3 Å². The molecule has 0 aliphatic heterocycles. The van der Waals surface area contributed by atoms with Crippen molar-refractivity contribution in [1.82, 2.24) is 0 Å². The number of alkyl halides is 3. The van der Waals surface area contributed by atoms with E-state index in [1.54, 1.807) is 25.3 Å². The molecule has 0 saturated heterocycles. The van der Waals surface area contributed by atoms with Crippen LogP contribution >= 0.6 is 0 Å². The van der Waals surface area contributed by atoms with Crippen molar-refractivity contribution in [3.63, 3.8) is 0 Å². The van der Waals surface area contributed by atoms with Gasteiger partial charge < -0.3 is 0 Å². The third-order valence-corrected chi connectivity index (χ3v) is 4.03. The van der Waals surface area contributed by atoms with E-state index in [0.717, 1.165) is 12.1 Å². The summed E-state index contributed by atoms with van der Waals surface area (Å²) >= 11 is 0. The number of fused-ring (bicyclic) bond motifs is 3. The molecule has 1 aliphatic rings. The lowest BCUT2D eigenvalue weighted by Crippen LogP contribution is -2.09. The monoisotopic (exact) mass is 336 g/mol. The predicted octanol–water partition coefficient (Wildman–Crippen LogP) is 4.06. The molecule has 0 radical (unpaired) electrons. The van der Waals surface area contributed by atoms with Crippen LogP contribution in [0.1, 0.15) is 33.4 Å². The van der Waals surface area contributed by atoms with Crippen molar-refractivity contribution >= 4 is 5.71 Å². The third-order valence-electron chi connectivity index (χ3n) is 4.03. The Hall–Kier alpha value is -3.63. The smallest absolute Gasteiger partial charge is 0.192 e. The van der Waals surface area contributed by atoms with Gasteiger partial charge in [-0.15, -0.1) is 0 Å². The Morgan fingerprint density at radius 1 is 0.840 bits per heavy atom. The molecule has 120 valence electrons. The zero-order valence-electron chi connectivity index (χ0n) is 12.7. The molecule has 0 fully saturated rings. The van der Waals surface area contributed by atoms with Gasteiger partial charge in [-0.05, 0) is 47.9 Å². The maximum absolute atomic E-state index is 13.2. The molecule has 0 saturated carbocycles. The van der Waals surface area contributed by atoms with Crippen LogP contribution in [0.3, 0.4) is 0 Å². The van der Waals surface area contributed by atoms with Crippen molar-refractivity contribution < 1.29 is 13.2 Å². The zero-order valence-corrected chi connectivity index (χ0v) is 12.7. The van der Waals surface area contributed by atoms with Gasteiger partial charge >= 0.3 is 6.18 Å². The first-order chi connectivity index (χ1) is 11.8. The fourth-order valence-electron chi connectivity index (χ4n) is 2.91. The summed E-state index contributed by atoms with van der Waals surface area (Å²) in [7, 11) is 0. The van der Waals surface area contributed by atoms with Gasteiger partial charge in [0.25, 0.3) is 0 Å². The summed E-state index contributed by atoms with van der Waals surface area (Å²) in [6.45, 7) is 1.67. The molecule has 0 N–H and O–H groups in total. The lowest BCUT2D eigenvalue weighted by Gasteiger charge is -2.11. The second-order valence-electron chi connectivity index (χ2n) is 5.44. The van der Waals surface area contributed by atoms with Gasteiger partial charge in [0.2, 0.25) is 6.19 Å². The average Bonchev–Trinajstić information content (AvgIpc) is 2.85. The van der Waals surface area contributed by atoms with Crippen molar-refractivity contribution in [2.45, 2.75) is 13.1 Å². The molecule has 0 atom stereocenters. The van der Waals surface area contributed by atoms with Crippen molar-refractivity contribution in [2.75, 3.05) is 0 Å². The Balaban J connectivity index is 2.43. The van der Waals surface area contributed by atoms with Crippen LogP contribution < -0.4 is 0 Å². The molecule has 1 aliphatic carbocycles. The minimum Gasteiger partial charge on any atom is -0.192 e. The molecule has 4 nitrogen and oxygen atoms in total. The van der Waals surface area contributed by atoms with Crippen LogP contribution in [0.4, 0.5) is 13.2 Å². The van der Waals surface area contributed by atoms with Crippen molar-refractivity contribution in [3.8, 4) is 29.5 Å². The van der Waals surface area contributed by atoms with Gasteiger partial charge in [-0.1, -0.05) is 0 Å². The van der Waals surface area contributed by atoms with Crippen LogP contribution in [0.25, 0.3) is 11.1 Å². The molecule has 0 aromatic heterocycles. The van der Waals surface area contributed by atoms with Gasteiger partial charge in [-0.3, -0.25) is 0 Å². The van der Waals surface area contributed by atoms with Gasteiger partial charge in [0, 0.05) is 11.1 Å². The lowest BCUT2D eigenvalue weighted by atomic mass is 9.96. The Morgan fingerprint density at radius 3 is 1.92 bits per heavy atom. The van der Waals surface area contributed by atoms with Gasteiger partial charge in [0.15, 0.2) is 0 Å². The van der Waals surface area contributed by atoms with E-state index >= 15 is 0 Å². The number of hydrogen-bond donors (Lipinski definition) is 0. The number of halogens is 3. The first kappa shape index (κ1) is 16.2. The van der Waals surface area contributed by atoms with Crippen LogP contribution in [-0.2, 0) is 6.18 Å². The summed E-state index contributed by atoms with van der Waals surface area (Å²) in [4.78, 5) is 3.70. The van der Waals surface area contributed by atoms with Crippen LogP contribution in [-0.4, -0.2) is 5.71 Å². The number of rotatable bonds is 0. The Morgan fingerprint density at radius 2 is 1.40 bits per heavy atom. The standard InChI is InChI=1S/C18H7F3N4/c1-9-2-12-13-5-16(18(19,20)21)11(7-23)4-15(13)17(25-8-24)14(12)3-10(9)6-22/h2-5H,1H3/b25-17-. The van der Waals surface area contributed by atoms with E-state index in [4.69, 9.17) is 15.8 Å². The molecule has 0 bridgehead atoms. The number of nitrogens with zero attached hydrogens (tertiary/aromatic N) is 4. The third kappa shape index (κ3) is 2.41. The molecule has 2 aromatic carbocycles. The van der Waals surface area contributed by atoms with E-state index in [-0.39, 0.29) is 16.8 Å². The summed E-state index contributed by atoms with van der Waals surface area (Å²) in [6, 6.07) is 8.64. The van der Waals surface area contributed by atoms with Crippen LogP contribution in [0, 0.1) is 41.0 Å². The van der Waals surface area contributed by atoms with E-state index in [2.05, 4.69) is 4.99 Å². The number of aliphatic imine (C=N–C) groups is 1. The Kier molecular flexibility index (Phi) is 3.55. The van der Waals surface area contributed by atoms with E-state index in [0.29, 0.717) is 22.3 Å². The maximum Gasteiger partial charge on any atom is 0.417 e. The van der Waals surface area contributed by atoms with Gasteiger partial charge in [0.05, 0.1) is 34.5 Å². The van der Waals surface area contributed by atoms with Crippen molar-refractivity contribution in [2.24, 2.45) is 4.99 Å². The second-order valence-corrected chi connectivity index (χ2v) is 5.44. The first-order valence-electron chi connectivity index (χ1n) is 6.99. The summed E-state index contributed by atoms with van der Waals surface area (Å²) in [5.74, 6) is 0. The number of hydrogen-bond acceptors (Lipinski definition) is 4. The maximum atomic E-state index is 13.2. The summed E-state index contributed by atoms with van der Waals surface area (Å²) in [5.41, 5.74) is 0.893. The molecule has 0 amide bonds. The molecule has 0 heterocycles. The first-order valence-corrected chi connectivity index (χ1v) is 6.99. The van der Waals surface area contributed by atoms with E-state index in [1.807, 2.05) is 6.07 Å². The van der Waals surface area contributed by atoms with Crippen molar-refractivity contribution in [1.29, 1.82) is 15.8 Å². The zero-order chi connectivity index (χ0) is 18.4. The average molecular weight is 336 g/mol. The Labute approximate surface area is 140 Å². The molecule has 3 rings (SSSR count). The van der Waals surface area contributed by atoms with Gasteiger partial charge in [-0.2, -0.15) is 33.9 Å². The summed E-state index contributed by atoms with van der Waals surface area (Å²) in [6.07, 6.45) is -3.06. The topological polar surface area (TPSA) is 83.7 Å². The highest BCUT2D eigenvalue weighted by Crippen LogP contribution is 2.43. The molecular weight excluding hydrogens is 329 g/mol. The van der Waals surface area contributed by atoms with E-state index in [9.17, 15) is 13.2 Å². The highest BCUT2D eigenvalue weighted by Gasteiger charge is 2.37. The molecule has 2 aromatic rings. The number of benzene rings is 2. The van der Waals surface area contributed by atoms with Crippen LogP contribution in [0.5, 0.6) is 0 Å². The van der Waals surface area contributed by atoms with Gasteiger partial charge in [0.1, 0.15) is 0 Å². The molecule has 0 spiro atoms. The van der Waals surface area contributed by atoms with Crippen LogP contribution in [0.15, 0.2) is 29.3 Å². The second kappa shape index (κ2) is 5.47. The normalized spacial score (nSPS) is 13.6. The predicted molar refractivity (Wildman–Crippen MR) is 82.3 cm³/mol. The number of nitriles is 3. The molecule has 25 heavy (non-hydrogen) atoms. The minimum absolute atomic E-state index is 0.161. The fourth-order valence-corrected chi connectivity index (χ4v) is 2.91. The van der Waals surface area contributed by atoms with E-state index in [1.165, 1.54) is 6.07 Å². The van der Waals surface area contributed by atoms with Crippen LogP contribution in [0.2, 0.25) is 0 Å². The molecule has 7 heteroatoms. The minimum atomic E-state index is -4.68.